The Balaban J connectivity index is 1.40. The normalized spacial score (nSPS) is 19.7. The molecule has 0 aliphatic heterocycles. The highest BCUT2D eigenvalue weighted by Gasteiger charge is 2.24. The van der Waals surface area contributed by atoms with E-state index in [-0.39, 0.29) is 12.6 Å². The van der Waals surface area contributed by atoms with E-state index in [0.717, 1.165) is 55.2 Å². The molecule has 2 aromatic heterocycles. The maximum atomic E-state index is 12.1. The van der Waals surface area contributed by atoms with Gasteiger partial charge in [0, 0.05) is 10.9 Å². The molecule has 0 aromatic carbocycles. The number of amides is 3. The van der Waals surface area contributed by atoms with Crippen LogP contribution < -0.4 is 15.4 Å². The number of hydrogen-bond acceptors (Lipinski definition) is 6. The Kier molecular flexibility index (Phi) is 5.24. The zero-order chi connectivity index (χ0) is 18.8. The quantitative estimate of drug-likeness (QED) is 0.840. The summed E-state index contributed by atoms with van der Waals surface area (Å²) >= 11 is 1.68. The highest BCUT2D eigenvalue weighted by molar-refractivity contribution is 7.18. The average Bonchev–Trinajstić information content (AvgIpc) is 3.26. The third-order valence-electron chi connectivity index (χ3n) is 5.34. The summed E-state index contributed by atoms with van der Waals surface area (Å²) in [5.41, 5.74) is 1.25. The number of fused-ring (bicyclic) bond motifs is 3. The lowest BCUT2D eigenvalue weighted by molar-refractivity contribution is -0.122. The number of urea groups is 1. The molecule has 1 unspecified atom stereocenters. The molecule has 27 heavy (non-hydrogen) atoms. The third kappa shape index (κ3) is 4.05. The van der Waals surface area contributed by atoms with E-state index in [0.29, 0.717) is 11.8 Å². The number of imide groups is 1. The monoisotopic (exact) mass is 388 g/mol. The van der Waals surface area contributed by atoms with Crippen molar-refractivity contribution >= 4 is 33.5 Å². The SMILES string of the molecule is CC1CCc2c(sc3ncnc(OCC(=O)NC(=O)NC4CCCC4)c23)C1. The van der Waals surface area contributed by atoms with Crippen LogP contribution in [-0.2, 0) is 17.6 Å². The summed E-state index contributed by atoms with van der Waals surface area (Å²) in [5, 5.41) is 6.08. The second-order valence-corrected chi connectivity index (χ2v) is 8.59. The molecule has 1 saturated carbocycles. The van der Waals surface area contributed by atoms with Crippen LogP contribution in [0, 0.1) is 5.92 Å². The van der Waals surface area contributed by atoms with Gasteiger partial charge in [-0.2, -0.15) is 0 Å². The Bertz CT molecular complexity index is 860. The van der Waals surface area contributed by atoms with Gasteiger partial charge in [-0.05, 0) is 43.6 Å². The third-order valence-corrected chi connectivity index (χ3v) is 6.50. The zero-order valence-corrected chi connectivity index (χ0v) is 16.2. The Morgan fingerprint density at radius 3 is 2.89 bits per heavy atom. The van der Waals surface area contributed by atoms with Crippen molar-refractivity contribution < 1.29 is 14.3 Å². The standard InChI is InChI=1S/C19H24N4O3S/c1-11-6-7-13-14(8-11)27-18-16(13)17(20-10-21-18)26-9-15(24)23-19(25)22-12-4-2-3-5-12/h10-12H,2-9H2,1H3,(H2,22,23,24,25). The van der Waals surface area contributed by atoms with Gasteiger partial charge in [-0.15, -0.1) is 11.3 Å². The summed E-state index contributed by atoms with van der Waals surface area (Å²) in [4.78, 5) is 34.8. The first-order chi connectivity index (χ1) is 13.1. The lowest BCUT2D eigenvalue weighted by Crippen LogP contribution is -2.45. The molecular weight excluding hydrogens is 364 g/mol. The van der Waals surface area contributed by atoms with E-state index in [1.807, 2.05) is 0 Å². The van der Waals surface area contributed by atoms with Crippen LogP contribution in [0.4, 0.5) is 4.79 Å². The van der Waals surface area contributed by atoms with Crippen LogP contribution >= 0.6 is 11.3 Å². The first kappa shape index (κ1) is 18.2. The van der Waals surface area contributed by atoms with Gasteiger partial charge < -0.3 is 10.1 Å². The predicted molar refractivity (Wildman–Crippen MR) is 103 cm³/mol. The molecule has 2 aromatic rings. The fourth-order valence-corrected chi connectivity index (χ4v) is 5.28. The van der Waals surface area contributed by atoms with Gasteiger partial charge in [-0.1, -0.05) is 19.8 Å². The highest BCUT2D eigenvalue weighted by Crippen LogP contribution is 2.40. The van der Waals surface area contributed by atoms with Crippen molar-refractivity contribution in [1.82, 2.24) is 20.6 Å². The van der Waals surface area contributed by atoms with Crippen molar-refractivity contribution in [1.29, 1.82) is 0 Å². The second-order valence-electron chi connectivity index (χ2n) is 7.50. The molecule has 2 heterocycles. The minimum Gasteiger partial charge on any atom is -0.467 e. The maximum absolute atomic E-state index is 12.1. The number of nitrogens with one attached hydrogen (secondary N) is 2. The topological polar surface area (TPSA) is 93.2 Å². The molecule has 0 bridgehead atoms. The molecule has 2 N–H and O–H groups in total. The predicted octanol–water partition coefficient (Wildman–Crippen LogP) is 2.96. The van der Waals surface area contributed by atoms with Gasteiger partial charge >= 0.3 is 6.03 Å². The summed E-state index contributed by atoms with van der Waals surface area (Å²) in [6.07, 6.45) is 8.82. The molecule has 3 amide bonds. The Hall–Kier alpha value is -2.22. The average molecular weight is 388 g/mol. The van der Waals surface area contributed by atoms with Crippen molar-refractivity contribution in [3.63, 3.8) is 0 Å². The summed E-state index contributed by atoms with van der Waals surface area (Å²) in [6.45, 7) is 2.02. The van der Waals surface area contributed by atoms with Gasteiger partial charge in [0.1, 0.15) is 11.2 Å². The van der Waals surface area contributed by atoms with Crippen LogP contribution in [0.2, 0.25) is 0 Å². The Morgan fingerprint density at radius 2 is 2.07 bits per heavy atom. The van der Waals surface area contributed by atoms with E-state index in [1.165, 1.54) is 16.8 Å². The highest BCUT2D eigenvalue weighted by atomic mass is 32.1. The molecular formula is C19H24N4O3S. The van der Waals surface area contributed by atoms with Crippen molar-refractivity contribution in [2.45, 2.75) is 57.9 Å². The molecule has 2 aliphatic carbocycles. The first-order valence-corrected chi connectivity index (χ1v) is 10.4. The second kappa shape index (κ2) is 7.80. The fourth-order valence-electron chi connectivity index (χ4n) is 3.94. The van der Waals surface area contributed by atoms with Crippen molar-refractivity contribution in [2.24, 2.45) is 5.92 Å². The zero-order valence-electron chi connectivity index (χ0n) is 15.4. The Morgan fingerprint density at radius 1 is 1.26 bits per heavy atom. The molecule has 144 valence electrons. The van der Waals surface area contributed by atoms with Gasteiger partial charge in [-0.3, -0.25) is 10.1 Å². The van der Waals surface area contributed by atoms with E-state index in [9.17, 15) is 9.59 Å². The van der Waals surface area contributed by atoms with E-state index in [2.05, 4.69) is 27.5 Å². The van der Waals surface area contributed by atoms with Gasteiger partial charge in [0.25, 0.3) is 5.91 Å². The van der Waals surface area contributed by atoms with Crippen LogP contribution in [-0.4, -0.2) is 34.6 Å². The fraction of sp³-hybridized carbons (Fsp3) is 0.579. The lowest BCUT2D eigenvalue weighted by atomic mass is 9.89. The number of aromatic nitrogens is 2. The number of carbonyl (C=O) groups excluding carboxylic acids is 2. The minimum absolute atomic E-state index is 0.167. The van der Waals surface area contributed by atoms with Crippen LogP contribution in [0.5, 0.6) is 5.88 Å². The number of thiophene rings is 1. The minimum atomic E-state index is -0.477. The molecule has 1 atom stereocenters. The molecule has 0 radical (unpaired) electrons. The van der Waals surface area contributed by atoms with Crippen molar-refractivity contribution in [3.8, 4) is 5.88 Å². The number of rotatable bonds is 4. The van der Waals surface area contributed by atoms with E-state index in [1.54, 1.807) is 11.3 Å². The number of hydrogen-bond donors (Lipinski definition) is 2. The van der Waals surface area contributed by atoms with Gasteiger partial charge in [0.05, 0.1) is 5.39 Å². The van der Waals surface area contributed by atoms with Crippen LogP contribution in [0.1, 0.15) is 49.5 Å². The number of aryl methyl sites for hydroxylation is 1. The summed E-state index contributed by atoms with van der Waals surface area (Å²) in [6, 6.07) is -0.287. The van der Waals surface area contributed by atoms with Crippen molar-refractivity contribution in [2.75, 3.05) is 6.61 Å². The van der Waals surface area contributed by atoms with E-state index < -0.39 is 11.9 Å². The summed E-state index contributed by atoms with van der Waals surface area (Å²) in [7, 11) is 0. The van der Waals surface area contributed by atoms with Gasteiger partial charge in [0.2, 0.25) is 5.88 Å². The molecule has 0 saturated heterocycles. The molecule has 4 rings (SSSR count). The van der Waals surface area contributed by atoms with Gasteiger partial charge in [-0.25, -0.2) is 14.8 Å². The van der Waals surface area contributed by atoms with Crippen LogP contribution in [0.15, 0.2) is 6.33 Å². The Labute approximate surface area is 161 Å². The summed E-state index contributed by atoms with van der Waals surface area (Å²) in [5.74, 6) is 0.625. The number of ether oxygens (including phenoxy) is 1. The molecule has 8 heteroatoms. The van der Waals surface area contributed by atoms with Crippen LogP contribution in [0.3, 0.4) is 0 Å². The van der Waals surface area contributed by atoms with Crippen molar-refractivity contribution in [3.05, 3.63) is 16.8 Å². The first-order valence-electron chi connectivity index (χ1n) is 9.58. The van der Waals surface area contributed by atoms with E-state index >= 15 is 0 Å². The molecule has 1 fully saturated rings. The van der Waals surface area contributed by atoms with Gasteiger partial charge in [0.15, 0.2) is 6.61 Å². The molecule has 0 spiro atoms. The smallest absolute Gasteiger partial charge is 0.321 e. The van der Waals surface area contributed by atoms with E-state index in [4.69, 9.17) is 4.74 Å². The number of carbonyl (C=O) groups is 2. The number of nitrogens with zero attached hydrogens (tertiary/aromatic N) is 2. The molecule has 7 nitrogen and oxygen atoms in total. The summed E-state index contributed by atoms with van der Waals surface area (Å²) < 4.78 is 5.67. The maximum Gasteiger partial charge on any atom is 0.321 e. The molecule has 2 aliphatic rings. The lowest BCUT2D eigenvalue weighted by Gasteiger charge is -2.18. The largest absolute Gasteiger partial charge is 0.467 e. The van der Waals surface area contributed by atoms with Crippen LogP contribution in [0.25, 0.3) is 10.2 Å².